The third kappa shape index (κ3) is 0.818. The molecule has 1 aromatic heterocycles. The molecule has 0 unspecified atom stereocenters. The van der Waals surface area contributed by atoms with Crippen molar-refractivity contribution in [1.29, 1.82) is 5.26 Å². The van der Waals surface area contributed by atoms with E-state index in [0.29, 0.717) is 11.0 Å². The van der Waals surface area contributed by atoms with E-state index in [1.165, 1.54) is 0 Å². The van der Waals surface area contributed by atoms with Gasteiger partial charge >= 0.3 is 0 Å². The Bertz CT molecular complexity index is 465. The van der Waals surface area contributed by atoms with Crippen LogP contribution in [0, 0.1) is 11.3 Å². The molecule has 2 aromatic rings. The minimum absolute atomic E-state index is 0.600. The number of nitrogens with zero attached hydrogens (tertiary/aromatic N) is 1. The Hall–Kier alpha value is -1.69. The molecule has 2 rings (SSSR count). The van der Waals surface area contributed by atoms with Crippen molar-refractivity contribution < 1.29 is 0 Å². The molecule has 0 spiro atoms. The normalized spacial score (nSPS) is 9.92. The van der Waals surface area contributed by atoms with Crippen molar-refractivity contribution in [3.8, 4) is 6.07 Å². The van der Waals surface area contributed by atoms with Crippen molar-refractivity contribution in [2.75, 3.05) is 0 Å². The van der Waals surface area contributed by atoms with Crippen LogP contribution in [0.2, 0.25) is 0 Å². The molecule has 0 aliphatic rings. The van der Waals surface area contributed by atoms with Gasteiger partial charge in [-0.2, -0.15) is 5.26 Å². The van der Waals surface area contributed by atoms with Gasteiger partial charge in [-0.3, -0.25) is 0 Å². The smallest absolute Gasteiger partial charge is 0.114 e. The summed E-state index contributed by atoms with van der Waals surface area (Å²) in [6, 6.07) is 7.62. The number of fused-ring (bicyclic) bond motifs is 1. The Labute approximate surface area is 71.2 Å². The number of nitrogens with one attached hydrogen (secondary N) is 1. The van der Waals surface area contributed by atoms with Gasteiger partial charge in [-0.1, -0.05) is 17.6 Å². The van der Waals surface area contributed by atoms with Crippen LogP contribution in [0.15, 0.2) is 24.4 Å². The van der Waals surface area contributed by atoms with Crippen LogP contribution in [-0.4, -0.2) is 12.8 Å². The fraction of sp³-hybridized carbons (Fsp3) is 0. The fourth-order valence-corrected chi connectivity index (χ4v) is 1.30. The molecule has 2 nitrogen and oxygen atoms in total. The van der Waals surface area contributed by atoms with Gasteiger partial charge in [-0.05, 0) is 6.07 Å². The predicted molar refractivity (Wildman–Crippen MR) is 48.4 cm³/mol. The molecule has 0 aliphatic heterocycles. The lowest BCUT2D eigenvalue weighted by Gasteiger charge is -1.94. The quantitative estimate of drug-likeness (QED) is 0.558. The molecule has 0 saturated heterocycles. The molecule has 0 fully saturated rings. The van der Waals surface area contributed by atoms with Gasteiger partial charge in [0.1, 0.15) is 13.9 Å². The van der Waals surface area contributed by atoms with Gasteiger partial charge in [0.15, 0.2) is 0 Å². The van der Waals surface area contributed by atoms with Crippen LogP contribution in [0.3, 0.4) is 0 Å². The number of hydrogen-bond donors (Lipinski definition) is 1. The number of rotatable bonds is 0. The van der Waals surface area contributed by atoms with Crippen LogP contribution in [0.4, 0.5) is 0 Å². The van der Waals surface area contributed by atoms with Crippen LogP contribution in [0.5, 0.6) is 0 Å². The van der Waals surface area contributed by atoms with E-state index >= 15 is 0 Å². The van der Waals surface area contributed by atoms with Gasteiger partial charge in [-0.15, -0.1) is 0 Å². The van der Waals surface area contributed by atoms with Gasteiger partial charge in [0.2, 0.25) is 0 Å². The summed E-state index contributed by atoms with van der Waals surface area (Å²) in [7, 11) is 5.71. The van der Waals surface area contributed by atoms with Crippen LogP contribution in [0.1, 0.15) is 5.56 Å². The minimum atomic E-state index is 0.600. The molecule has 1 N–H and O–H groups in total. The maximum absolute atomic E-state index is 8.72. The van der Waals surface area contributed by atoms with Crippen molar-refractivity contribution in [3.63, 3.8) is 0 Å². The summed E-state index contributed by atoms with van der Waals surface area (Å²) >= 11 is 0. The molecule has 54 valence electrons. The largest absolute Gasteiger partial charge is 0.360 e. The fourth-order valence-electron chi connectivity index (χ4n) is 1.30. The first-order chi connectivity index (χ1) is 5.83. The van der Waals surface area contributed by atoms with E-state index in [4.69, 9.17) is 13.1 Å². The van der Waals surface area contributed by atoms with E-state index in [-0.39, 0.29) is 0 Å². The summed E-state index contributed by atoms with van der Waals surface area (Å²) in [5, 5.41) is 9.54. The predicted octanol–water partition coefficient (Wildman–Crippen LogP) is 0.833. The van der Waals surface area contributed by atoms with Crippen molar-refractivity contribution in [2.45, 2.75) is 0 Å². The maximum Gasteiger partial charge on any atom is 0.114 e. The lowest BCUT2D eigenvalue weighted by atomic mass is 9.91. The monoisotopic (exact) mass is 152 g/mol. The van der Waals surface area contributed by atoms with Crippen molar-refractivity contribution in [1.82, 2.24) is 4.98 Å². The summed E-state index contributed by atoms with van der Waals surface area (Å²) in [6.07, 6.45) is 1.67. The first-order valence-corrected chi connectivity index (χ1v) is 3.58. The average Bonchev–Trinajstić information content (AvgIpc) is 2.49. The number of nitriles is 1. The van der Waals surface area contributed by atoms with E-state index < -0.39 is 0 Å². The number of aromatic nitrogens is 1. The molecular formula is C9H5BN2. The first kappa shape index (κ1) is 6.99. The molecular weight excluding hydrogens is 147 g/mol. The second-order valence-corrected chi connectivity index (χ2v) is 2.58. The Balaban J connectivity index is 2.95. The summed E-state index contributed by atoms with van der Waals surface area (Å²) in [6.45, 7) is 0. The second-order valence-electron chi connectivity index (χ2n) is 2.58. The van der Waals surface area contributed by atoms with E-state index in [2.05, 4.69) is 11.1 Å². The highest BCUT2D eigenvalue weighted by Crippen LogP contribution is 2.13. The lowest BCUT2D eigenvalue weighted by Crippen LogP contribution is -2.02. The highest BCUT2D eigenvalue weighted by molar-refractivity contribution is 6.39. The van der Waals surface area contributed by atoms with Gasteiger partial charge < -0.3 is 4.98 Å². The SMILES string of the molecule is [B]c1cccc2[nH]cc(C#N)c12. The summed E-state index contributed by atoms with van der Waals surface area (Å²) < 4.78 is 0. The zero-order valence-corrected chi connectivity index (χ0v) is 6.33. The minimum Gasteiger partial charge on any atom is -0.360 e. The molecule has 0 atom stereocenters. The summed E-state index contributed by atoms with van der Waals surface area (Å²) in [5.74, 6) is 0. The van der Waals surface area contributed by atoms with Gasteiger partial charge in [0.25, 0.3) is 0 Å². The van der Waals surface area contributed by atoms with Gasteiger partial charge in [0, 0.05) is 17.1 Å². The molecule has 0 aliphatic carbocycles. The van der Waals surface area contributed by atoms with Crippen LogP contribution in [-0.2, 0) is 0 Å². The molecule has 0 saturated carbocycles. The summed E-state index contributed by atoms with van der Waals surface area (Å²) in [5.41, 5.74) is 2.15. The number of aromatic amines is 1. The topological polar surface area (TPSA) is 39.6 Å². The van der Waals surface area contributed by atoms with Gasteiger partial charge in [-0.25, -0.2) is 0 Å². The second kappa shape index (κ2) is 2.42. The van der Waals surface area contributed by atoms with E-state index in [9.17, 15) is 0 Å². The lowest BCUT2D eigenvalue weighted by molar-refractivity contribution is 1.45. The van der Waals surface area contributed by atoms with Crippen LogP contribution in [0.25, 0.3) is 10.9 Å². The highest BCUT2D eigenvalue weighted by atomic mass is 14.7. The molecule has 0 amide bonds. The third-order valence-corrected chi connectivity index (χ3v) is 1.86. The summed E-state index contributed by atoms with van der Waals surface area (Å²) in [4.78, 5) is 2.98. The molecule has 1 aromatic carbocycles. The standard InChI is InChI=1S/C9H5BN2/c10-7-2-1-3-8-9(7)6(4-11)5-12-8/h1-3,5,12H. The van der Waals surface area contributed by atoms with Gasteiger partial charge in [0.05, 0.1) is 5.56 Å². The maximum atomic E-state index is 8.72. The average molecular weight is 152 g/mol. The van der Waals surface area contributed by atoms with Crippen LogP contribution < -0.4 is 5.46 Å². The number of hydrogen-bond acceptors (Lipinski definition) is 1. The van der Waals surface area contributed by atoms with Crippen molar-refractivity contribution >= 4 is 24.2 Å². The first-order valence-electron chi connectivity index (χ1n) is 3.58. The Kier molecular flexibility index (Phi) is 1.41. The van der Waals surface area contributed by atoms with Crippen LogP contribution >= 0.6 is 0 Å². The Morgan fingerprint density at radius 3 is 3.00 bits per heavy atom. The number of benzene rings is 1. The zero-order chi connectivity index (χ0) is 8.55. The zero-order valence-electron chi connectivity index (χ0n) is 6.33. The molecule has 0 bridgehead atoms. The third-order valence-electron chi connectivity index (χ3n) is 1.86. The van der Waals surface area contributed by atoms with E-state index in [0.717, 1.165) is 10.9 Å². The molecule has 2 radical (unpaired) electrons. The Morgan fingerprint density at radius 2 is 2.25 bits per heavy atom. The molecule has 3 heteroatoms. The van der Waals surface area contributed by atoms with E-state index in [1.807, 2.05) is 12.1 Å². The van der Waals surface area contributed by atoms with Crippen molar-refractivity contribution in [3.05, 3.63) is 30.0 Å². The molecule has 12 heavy (non-hydrogen) atoms. The highest BCUT2D eigenvalue weighted by Gasteiger charge is 2.03. The Morgan fingerprint density at radius 1 is 1.42 bits per heavy atom. The molecule has 1 heterocycles. The van der Waals surface area contributed by atoms with Crippen molar-refractivity contribution in [2.24, 2.45) is 0 Å². The van der Waals surface area contributed by atoms with E-state index in [1.54, 1.807) is 12.3 Å². The number of H-pyrrole nitrogens is 1.